The molecule has 12 atom stereocenters. The summed E-state index contributed by atoms with van der Waals surface area (Å²) >= 11 is 0. The van der Waals surface area contributed by atoms with Crippen LogP contribution in [0.15, 0.2) is 24.3 Å². The fraction of sp³-hybridized carbons (Fsp3) is 0.800. The molecule has 226 valence electrons. The molecule has 4 N–H and O–H groups in total. The van der Waals surface area contributed by atoms with Crippen LogP contribution in [-0.4, -0.2) is 92.9 Å². The predicted molar refractivity (Wildman–Crippen MR) is 144 cm³/mol. The molecule has 10 nitrogen and oxygen atoms in total. The molecule has 0 aromatic heterocycles. The number of esters is 2. The number of rotatable bonds is 3. The molecule has 0 aromatic rings. The minimum Gasteiger partial charge on any atom is -0.458 e. The van der Waals surface area contributed by atoms with Gasteiger partial charge in [-0.25, -0.2) is 4.79 Å². The monoisotopic (exact) mass is 566 g/mol. The molecule has 0 spiro atoms. The van der Waals surface area contributed by atoms with Crippen molar-refractivity contribution in [2.45, 2.75) is 139 Å². The zero-order valence-corrected chi connectivity index (χ0v) is 23.8. The quantitative estimate of drug-likeness (QED) is 0.374. The topological polar surface area (TPSA) is 152 Å². The number of hydrogen-bond donors (Lipinski definition) is 4. The predicted octanol–water partition coefficient (Wildman–Crippen LogP) is 2.10. The lowest BCUT2D eigenvalue weighted by atomic mass is 9.83. The zero-order valence-electron chi connectivity index (χ0n) is 23.8. The van der Waals surface area contributed by atoms with Crippen LogP contribution < -0.4 is 0 Å². The molecule has 4 aliphatic heterocycles. The Morgan fingerprint density at radius 2 is 1.70 bits per heavy atom. The van der Waals surface area contributed by atoms with Gasteiger partial charge < -0.3 is 39.4 Å². The summed E-state index contributed by atoms with van der Waals surface area (Å²) in [6, 6.07) is 0. The van der Waals surface area contributed by atoms with E-state index in [1.807, 2.05) is 18.2 Å². The second-order valence-corrected chi connectivity index (χ2v) is 12.2. The lowest BCUT2D eigenvalue weighted by Gasteiger charge is -2.38. The number of fused-ring (bicyclic) bond motifs is 6. The van der Waals surface area contributed by atoms with E-state index in [0.717, 1.165) is 0 Å². The summed E-state index contributed by atoms with van der Waals surface area (Å²) in [7, 11) is 0. The van der Waals surface area contributed by atoms with E-state index >= 15 is 0 Å². The Hall–Kier alpha value is -1.82. The molecular weight excluding hydrogens is 520 g/mol. The van der Waals surface area contributed by atoms with Crippen molar-refractivity contribution in [2.24, 2.45) is 11.8 Å². The third-order valence-corrected chi connectivity index (χ3v) is 8.72. The Kier molecular flexibility index (Phi) is 10.5. The van der Waals surface area contributed by atoms with Gasteiger partial charge in [-0.2, -0.15) is 0 Å². The average molecular weight is 567 g/mol. The number of carbonyl (C=O) groups excluding carboxylic acids is 2. The van der Waals surface area contributed by atoms with Crippen molar-refractivity contribution in [3.05, 3.63) is 24.3 Å². The Morgan fingerprint density at radius 1 is 0.975 bits per heavy atom. The van der Waals surface area contributed by atoms with Crippen LogP contribution in [-0.2, 0) is 28.5 Å². The third-order valence-electron chi connectivity index (χ3n) is 8.72. The van der Waals surface area contributed by atoms with Crippen LogP contribution in [0, 0.1) is 11.8 Å². The number of allylic oxidation sites excluding steroid dienone is 3. The SMILES string of the molecule is CCCC(=O)O[C@H]1C[C@H]2C[C@@H](O)C[C@@H](C[C@@H](C)/C=C/C=C\C[C@@H]3O[C@@H](C[C@@H]3C)[C@@H](O)C[C@@H]3OC(=O)[C@]1(O)[C@@H]3O)O2. The normalized spacial score (nSPS) is 46.3. The van der Waals surface area contributed by atoms with Gasteiger partial charge in [0.2, 0.25) is 5.60 Å². The number of aliphatic hydroxyl groups excluding tert-OH is 3. The van der Waals surface area contributed by atoms with Crippen LogP contribution in [0.25, 0.3) is 0 Å². The summed E-state index contributed by atoms with van der Waals surface area (Å²) in [5.74, 6) is -1.40. The highest BCUT2D eigenvalue weighted by Gasteiger charge is 2.63. The van der Waals surface area contributed by atoms with Gasteiger partial charge in [-0.15, -0.1) is 0 Å². The number of aliphatic hydroxyl groups is 4. The largest absolute Gasteiger partial charge is 0.458 e. The van der Waals surface area contributed by atoms with Crippen LogP contribution in [0.5, 0.6) is 0 Å². The first kappa shape index (κ1) is 31.1. The highest BCUT2D eigenvalue weighted by molar-refractivity contribution is 5.84. The minimum atomic E-state index is -2.55. The van der Waals surface area contributed by atoms with Crippen LogP contribution >= 0.6 is 0 Å². The smallest absolute Gasteiger partial charge is 0.345 e. The highest BCUT2D eigenvalue weighted by Crippen LogP contribution is 2.39. The number of ether oxygens (including phenoxy) is 4. The molecule has 4 rings (SSSR count). The Labute approximate surface area is 236 Å². The zero-order chi connectivity index (χ0) is 29.0. The molecule has 0 unspecified atom stereocenters. The maximum absolute atomic E-state index is 13.1. The molecule has 3 fully saturated rings. The summed E-state index contributed by atoms with van der Waals surface area (Å²) in [5.41, 5.74) is -2.55. The van der Waals surface area contributed by atoms with E-state index in [2.05, 4.69) is 19.9 Å². The highest BCUT2D eigenvalue weighted by atomic mass is 16.6. The first-order chi connectivity index (χ1) is 19.0. The molecule has 0 saturated carbocycles. The van der Waals surface area contributed by atoms with Gasteiger partial charge in [0.25, 0.3) is 0 Å². The molecule has 10 heteroatoms. The van der Waals surface area contributed by atoms with Crippen LogP contribution in [0.1, 0.15) is 78.6 Å². The average Bonchev–Trinajstić information content (AvgIpc) is 3.35. The van der Waals surface area contributed by atoms with Crippen LogP contribution in [0.4, 0.5) is 0 Å². The maximum Gasteiger partial charge on any atom is 0.345 e. The van der Waals surface area contributed by atoms with Gasteiger partial charge in [-0.05, 0) is 50.4 Å². The summed E-state index contributed by atoms with van der Waals surface area (Å²) < 4.78 is 23.4. The van der Waals surface area contributed by atoms with Crippen LogP contribution in [0.2, 0.25) is 0 Å². The van der Waals surface area contributed by atoms with Gasteiger partial charge in [-0.3, -0.25) is 4.79 Å². The molecular formula is C30H46O10. The van der Waals surface area contributed by atoms with E-state index in [0.29, 0.717) is 32.1 Å². The summed E-state index contributed by atoms with van der Waals surface area (Å²) in [6.07, 6.45) is 3.32. The molecule has 0 radical (unpaired) electrons. The lowest BCUT2D eigenvalue weighted by molar-refractivity contribution is -0.194. The van der Waals surface area contributed by atoms with Gasteiger partial charge in [0, 0.05) is 19.3 Å². The summed E-state index contributed by atoms with van der Waals surface area (Å²) in [5, 5.41) is 44.4. The van der Waals surface area contributed by atoms with E-state index < -0.39 is 60.3 Å². The van der Waals surface area contributed by atoms with Crippen molar-refractivity contribution in [3.63, 3.8) is 0 Å². The Bertz CT molecular complexity index is 935. The molecule has 0 aliphatic carbocycles. The lowest BCUT2D eigenvalue weighted by Crippen LogP contribution is -2.58. The Morgan fingerprint density at radius 3 is 2.42 bits per heavy atom. The minimum absolute atomic E-state index is 0.0628. The van der Waals surface area contributed by atoms with Gasteiger partial charge in [0.15, 0.2) is 0 Å². The molecule has 6 bridgehead atoms. The van der Waals surface area contributed by atoms with E-state index in [9.17, 15) is 30.0 Å². The van der Waals surface area contributed by atoms with Crippen LogP contribution in [0.3, 0.4) is 0 Å². The van der Waals surface area contributed by atoms with E-state index in [4.69, 9.17) is 18.9 Å². The van der Waals surface area contributed by atoms with Crippen molar-refractivity contribution in [1.82, 2.24) is 0 Å². The second kappa shape index (κ2) is 13.4. The molecule has 3 saturated heterocycles. The fourth-order valence-corrected chi connectivity index (χ4v) is 6.46. The van der Waals surface area contributed by atoms with E-state index in [-0.39, 0.29) is 49.7 Å². The van der Waals surface area contributed by atoms with Crippen molar-refractivity contribution in [2.75, 3.05) is 0 Å². The standard InChI is InChI=1S/C30H46O10/c1-4-8-27(33)40-26-15-21-14-19(31)13-20(37-21)11-17(2)9-6-5-7-10-23-18(3)12-24(38-23)22(32)16-25-28(34)30(26,36)29(35)39-25/h5-7,9,17-26,28,31-32,34,36H,4,8,10-16H2,1-3H3/b7-5-,9-6+/t17-,18-,19-,20+,21+,22-,23-,24-,25-,26-,28+,30+/m0/s1. The van der Waals surface area contributed by atoms with Gasteiger partial charge in [-0.1, -0.05) is 45.1 Å². The van der Waals surface area contributed by atoms with Crippen molar-refractivity contribution < 1.29 is 49.0 Å². The fourth-order valence-electron chi connectivity index (χ4n) is 6.46. The summed E-state index contributed by atoms with van der Waals surface area (Å²) in [4.78, 5) is 25.7. The van der Waals surface area contributed by atoms with Crippen molar-refractivity contribution in [1.29, 1.82) is 0 Å². The van der Waals surface area contributed by atoms with Gasteiger partial charge in [0.1, 0.15) is 18.3 Å². The summed E-state index contributed by atoms with van der Waals surface area (Å²) in [6.45, 7) is 5.92. The molecule has 0 amide bonds. The Balaban J connectivity index is 1.62. The molecule has 0 aromatic carbocycles. The van der Waals surface area contributed by atoms with E-state index in [1.165, 1.54) is 0 Å². The van der Waals surface area contributed by atoms with E-state index in [1.54, 1.807) is 6.92 Å². The van der Waals surface area contributed by atoms with Gasteiger partial charge >= 0.3 is 11.9 Å². The first-order valence-corrected chi connectivity index (χ1v) is 14.8. The number of carbonyl (C=O) groups is 2. The molecule has 4 aliphatic rings. The second-order valence-electron chi connectivity index (χ2n) is 12.2. The molecule has 4 heterocycles. The number of hydrogen-bond acceptors (Lipinski definition) is 10. The molecule has 40 heavy (non-hydrogen) atoms. The van der Waals surface area contributed by atoms with Crippen molar-refractivity contribution >= 4 is 11.9 Å². The maximum atomic E-state index is 13.1. The van der Waals surface area contributed by atoms with Gasteiger partial charge in [0.05, 0.1) is 36.6 Å². The third kappa shape index (κ3) is 7.14. The first-order valence-electron chi connectivity index (χ1n) is 14.8. The van der Waals surface area contributed by atoms with Crippen molar-refractivity contribution in [3.8, 4) is 0 Å².